The molecule has 0 fully saturated rings. The molecule has 1 aromatic carbocycles. The zero-order valence-corrected chi connectivity index (χ0v) is 12.3. The third-order valence-electron chi connectivity index (χ3n) is 2.67. The molecule has 0 spiro atoms. The van der Waals surface area contributed by atoms with Crippen molar-refractivity contribution in [3.8, 4) is 11.5 Å². The Hall–Kier alpha value is -1.23. The minimum Gasteiger partial charge on any atom is -0.497 e. The predicted molar refractivity (Wildman–Crippen MR) is 77.3 cm³/mol. The molecule has 1 heterocycles. The van der Waals surface area contributed by atoms with E-state index < -0.39 is 6.10 Å². The zero-order valence-electron chi connectivity index (χ0n) is 10.7. The summed E-state index contributed by atoms with van der Waals surface area (Å²) >= 11 is 7.35. The summed E-state index contributed by atoms with van der Waals surface area (Å²) in [5, 5.41) is 9.73. The molecule has 3 nitrogen and oxygen atoms in total. The molecular weight excluding hydrogens is 284 g/mol. The van der Waals surface area contributed by atoms with E-state index >= 15 is 0 Å². The van der Waals surface area contributed by atoms with E-state index in [1.807, 2.05) is 12.1 Å². The molecular formula is C14H15ClO3S. The van der Waals surface area contributed by atoms with Crippen LogP contribution in [0.1, 0.15) is 23.5 Å². The van der Waals surface area contributed by atoms with Crippen molar-refractivity contribution in [2.45, 2.75) is 19.6 Å². The fourth-order valence-electron chi connectivity index (χ4n) is 1.69. The van der Waals surface area contributed by atoms with Crippen molar-refractivity contribution in [2.24, 2.45) is 0 Å². The van der Waals surface area contributed by atoms with E-state index in [-0.39, 0.29) is 0 Å². The number of rotatable bonds is 5. The topological polar surface area (TPSA) is 38.7 Å². The number of benzene rings is 1. The monoisotopic (exact) mass is 298 g/mol. The SMILES string of the molecule is COc1ccc(C(C)O)c(OCc2ccc(Cl)s2)c1. The van der Waals surface area contributed by atoms with Gasteiger partial charge in [-0.05, 0) is 31.2 Å². The minimum absolute atomic E-state index is 0.421. The fraction of sp³-hybridized carbons (Fsp3) is 0.286. The number of halogens is 1. The second-order valence-corrected chi connectivity index (χ2v) is 5.87. The molecule has 1 N–H and O–H groups in total. The summed E-state index contributed by atoms with van der Waals surface area (Å²) in [6, 6.07) is 9.15. The van der Waals surface area contributed by atoms with Crippen LogP contribution in [-0.4, -0.2) is 12.2 Å². The number of aliphatic hydroxyl groups is 1. The highest BCUT2D eigenvalue weighted by molar-refractivity contribution is 7.16. The van der Waals surface area contributed by atoms with Crippen molar-refractivity contribution >= 4 is 22.9 Å². The Morgan fingerprint density at radius 3 is 2.68 bits per heavy atom. The third-order valence-corrected chi connectivity index (χ3v) is 3.87. The number of thiophene rings is 1. The van der Waals surface area contributed by atoms with Gasteiger partial charge in [0.1, 0.15) is 18.1 Å². The molecule has 0 aliphatic rings. The summed E-state index contributed by atoms with van der Waals surface area (Å²) in [5.74, 6) is 1.32. The summed E-state index contributed by atoms with van der Waals surface area (Å²) in [4.78, 5) is 1.03. The smallest absolute Gasteiger partial charge is 0.129 e. The van der Waals surface area contributed by atoms with E-state index in [0.717, 1.165) is 14.8 Å². The van der Waals surface area contributed by atoms with Crippen LogP contribution in [0.4, 0.5) is 0 Å². The molecule has 1 atom stereocenters. The van der Waals surface area contributed by atoms with E-state index in [4.69, 9.17) is 21.1 Å². The van der Waals surface area contributed by atoms with Crippen molar-refractivity contribution in [3.05, 3.63) is 45.1 Å². The van der Waals surface area contributed by atoms with Crippen LogP contribution in [0.15, 0.2) is 30.3 Å². The Balaban J connectivity index is 2.17. The lowest BCUT2D eigenvalue weighted by Gasteiger charge is -2.14. The molecule has 0 radical (unpaired) electrons. The van der Waals surface area contributed by atoms with Gasteiger partial charge in [0.15, 0.2) is 0 Å². The van der Waals surface area contributed by atoms with Crippen LogP contribution in [0.25, 0.3) is 0 Å². The summed E-state index contributed by atoms with van der Waals surface area (Å²) in [5.41, 5.74) is 0.739. The van der Waals surface area contributed by atoms with Crippen molar-refractivity contribution in [1.29, 1.82) is 0 Å². The first-order valence-electron chi connectivity index (χ1n) is 5.83. The lowest BCUT2D eigenvalue weighted by Crippen LogP contribution is -2.00. The summed E-state index contributed by atoms with van der Waals surface area (Å²) in [6.45, 7) is 2.13. The number of hydrogen-bond acceptors (Lipinski definition) is 4. The fourth-order valence-corrected chi connectivity index (χ4v) is 2.69. The van der Waals surface area contributed by atoms with Gasteiger partial charge in [0, 0.05) is 16.5 Å². The number of aliphatic hydroxyl groups excluding tert-OH is 1. The van der Waals surface area contributed by atoms with E-state index in [0.29, 0.717) is 18.1 Å². The first-order valence-corrected chi connectivity index (χ1v) is 7.02. The van der Waals surface area contributed by atoms with Gasteiger partial charge in [0.25, 0.3) is 0 Å². The number of methoxy groups -OCH3 is 1. The van der Waals surface area contributed by atoms with Crippen LogP contribution < -0.4 is 9.47 Å². The number of ether oxygens (including phenoxy) is 2. The molecule has 5 heteroatoms. The maximum Gasteiger partial charge on any atom is 0.129 e. The molecule has 0 saturated carbocycles. The second-order valence-electron chi connectivity index (χ2n) is 4.07. The maximum absolute atomic E-state index is 9.73. The van der Waals surface area contributed by atoms with Crippen LogP contribution >= 0.6 is 22.9 Å². The molecule has 2 aromatic rings. The van der Waals surface area contributed by atoms with Crippen molar-refractivity contribution in [3.63, 3.8) is 0 Å². The lowest BCUT2D eigenvalue weighted by molar-refractivity contribution is 0.190. The van der Waals surface area contributed by atoms with E-state index in [2.05, 4.69) is 0 Å². The molecule has 0 aliphatic carbocycles. The minimum atomic E-state index is -0.590. The highest BCUT2D eigenvalue weighted by Crippen LogP contribution is 2.31. The van der Waals surface area contributed by atoms with Gasteiger partial charge in [-0.2, -0.15) is 0 Å². The summed E-state index contributed by atoms with van der Waals surface area (Å²) < 4.78 is 11.7. The maximum atomic E-state index is 9.73. The Kier molecular flexibility index (Phi) is 4.69. The van der Waals surface area contributed by atoms with Crippen molar-refractivity contribution < 1.29 is 14.6 Å². The molecule has 1 unspecified atom stereocenters. The van der Waals surface area contributed by atoms with Crippen LogP contribution in [0.3, 0.4) is 0 Å². The van der Waals surface area contributed by atoms with Gasteiger partial charge in [0.2, 0.25) is 0 Å². The van der Waals surface area contributed by atoms with Gasteiger partial charge in [-0.15, -0.1) is 11.3 Å². The first kappa shape index (κ1) is 14.2. The molecule has 102 valence electrons. The largest absolute Gasteiger partial charge is 0.497 e. The standard InChI is InChI=1S/C14H15ClO3S/c1-9(16)12-5-3-10(17-2)7-13(12)18-8-11-4-6-14(15)19-11/h3-7,9,16H,8H2,1-2H3. The van der Waals surface area contributed by atoms with Gasteiger partial charge < -0.3 is 14.6 Å². The quantitative estimate of drug-likeness (QED) is 0.905. The van der Waals surface area contributed by atoms with Crippen molar-refractivity contribution in [1.82, 2.24) is 0 Å². The normalized spacial score (nSPS) is 12.2. The van der Waals surface area contributed by atoms with Gasteiger partial charge >= 0.3 is 0 Å². The van der Waals surface area contributed by atoms with Gasteiger partial charge in [0.05, 0.1) is 17.6 Å². The Labute approximate surface area is 121 Å². The molecule has 19 heavy (non-hydrogen) atoms. The van der Waals surface area contributed by atoms with Gasteiger partial charge in [-0.25, -0.2) is 0 Å². The second kappa shape index (κ2) is 6.28. The Morgan fingerprint density at radius 1 is 1.32 bits per heavy atom. The third kappa shape index (κ3) is 3.62. The Bertz CT molecular complexity index is 551. The number of hydrogen-bond donors (Lipinski definition) is 1. The van der Waals surface area contributed by atoms with Gasteiger partial charge in [-0.1, -0.05) is 11.6 Å². The summed E-state index contributed by atoms with van der Waals surface area (Å²) in [7, 11) is 1.60. The van der Waals surface area contributed by atoms with Crippen LogP contribution in [0.2, 0.25) is 4.34 Å². The van der Waals surface area contributed by atoms with Crippen LogP contribution in [-0.2, 0) is 6.61 Å². The summed E-state index contributed by atoms with van der Waals surface area (Å²) in [6.07, 6.45) is -0.590. The van der Waals surface area contributed by atoms with Crippen LogP contribution in [0.5, 0.6) is 11.5 Å². The van der Waals surface area contributed by atoms with Crippen LogP contribution in [0, 0.1) is 0 Å². The molecule has 0 bridgehead atoms. The van der Waals surface area contributed by atoms with E-state index in [1.165, 1.54) is 11.3 Å². The molecule has 2 rings (SSSR count). The van der Waals surface area contributed by atoms with E-state index in [9.17, 15) is 5.11 Å². The first-order chi connectivity index (χ1) is 9.10. The highest BCUT2D eigenvalue weighted by atomic mass is 35.5. The average molecular weight is 299 g/mol. The van der Waals surface area contributed by atoms with Crippen molar-refractivity contribution in [2.75, 3.05) is 7.11 Å². The molecule has 0 aliphatic heterocycles. The average Bonchev–Trinajstić information content (AvgIpc) is 2.81. The van der Waals surface area contributed by atoms with Gasteiger partial charge in [-0.3, -0.25) is 0 Å². The molecule has 1 aromatic heterocycles. The molecule has 0 saturated heterocycles. The Morgan fingerprint density at radius 2 is 2.11 bits per heavy atom. The highest BCUT2D eigenvalue weighted by Gasteiger charge is 2.11. The predicted octanol–water partition coefficient (Wildman–Crippen LogP) is 4.04. The zero-order chi connectivity index (χ0) is 13.8. The van der Waals surface area contributed by atoms with E-state index in [1.54, 1.807) is 32.2 Å². The molecule has 0 amide bonds. The lowest BCUT2D eigenvalue weighted by atomic mass is 10.1.